The first-order valence-electron chi connectivity index (χ1n) is 3.97. The van der Waals surface area contributed by atoms with E-state index in [0.29, 0.717) is 0 Å². The van der Waals surface area contributed by atoms with Crippen molar-refractivity contribution in [1.82, 2.24) is 5.32 Å². The van der Waals surface area contributed by atoms with Gasteiger partial charge in [0.1, 0.15) is 5.70 Å². The quantitative estimate of drug-likeness (QED) is 0.569. The number of halogens is 3. The minimum Gasteiger partial charge on any atom is -0.463 e. The van der Waals surface area contributed by atoms with Gasteiger partial charge in [-0.1, -0.05) is 0 Å². The van der Waals surface area contributed by atoms with Crippen LogP contribution in [0, 0.1) is 0 Å². The summed E-state index contributed by atoms with van der Waals surface area (Å²) in [6.45, 7) is 2.64. The van der Waals surface area contributed by atoms with E-state index in [1.807, 2.05) is 5.32 Å². The maximum atomic E-state index is 12.2. The van der Waals surface area contributed by atoms with Crippen LogP contribution in [0.1, 0.15) is 13.8 Å². The Labute approximate surface area is 79.9 Å². The van der Waals surface area contributed by atoms with Crippen molar-refractivity contribution >= 4 is 5.97 Å². The molecule has 0 aromatic rings. The van der Waals surface area contributed by atoms with Crippen molar-refractivity contribution in [1.29, 1.82) is 0 Å². The van der Waals surface area contributed by atoms with Crippen molar-refractivity contribution in [3.63, 3.8) is 0 Å². The highest BCUT2D eigenvalue weighted by atomic mass is 19.4. The normalized spacial score (nSPS) is 13.3. The van der Waals surface area contributed by atoms with Gasteiger partial charge in [0.25, 0.3) is 0 Å². The number of hydrogen-bond acceptors (Lipinski definition) is 3. The van der Waals surface area contributed by atoms with Crippen LogP contribution in [-0.4, -0.2) is 25.8 Å². The van der Waals surface area contributed by atoms with Crippen LogP contribution in [0.15, 0.2) is 11.3 Å². The number of hydrogen-bond donors (Lipinski definition) is 1. The third-order valence-corrected chi connectivity index (χ3v) is 1.49. The molecule has 0 rings (SSSR count). The van der Waals surface area contributed by atoms with E-state index in [9.17, 15) is 18.0 Å². The van der Waals surface area contributed by atoms with E-state index in [4.69, 9.17) is 0 Å². The zero-order chi connectivity index (χ0) is 11.4. The molecular weight excluding hydrogens is 199 g/mol. The van der Waals surface area contributed by atoms with Crippen LogP contribution in [0.2, 0.25) is 0 Å². The fourth-order valence-corrected chi connectivity index (χ4v) is 0.883. The zero-order valence-corrected chi connectivity index (χ0v) is 8.16. The van der Waals surface area contributed by atoms with Crippen LogP contribution in [0.3, 0.4) is 0 Å². The highest BCUT2D eigenvalue weighted by Crippen LogP contribution is 2.26. The molecule has 0 spiro atoms. The van der Waals surface area contributed by atoms with Crippen LogP contribution in [0.4, 0.5) is 13.2 Å². The van der Waals surface area contributed by atoms with Gasteiger partial charge in [0.15, 0.2) is 0 Å². The highest BCUT2D eigenvalue weighted by Gasteiger charge is 2.36. The average Bonchev–Trinajstić information content (AvgIpc) is 2.03. The van der Waals surface area contributed by atoms with Crippen LogP contribution in [0.25, 0.3) is 0 Å². The van der Waals surface area contributed by atoms with E-state index < -0.39 is 23.4 Å². The molecule has 0 fully saturated rings. The van der Waals surface area contributed by atoms with Gasteiger partial charge >= 0.3 is 12.1 Å². The van der Waals surface area contributed by atoms with Crippen molar-refractivity contribution < 1.29 is 22.7 Å². The van der Waals surface area contributed by atoms with E-state index in [2.05, 4.69) is 4.74 Å². The Kier molecular flexibility index (Phi) is 4.46. The lowest BCUT2D eigenvalue weighted by atomic mass is 10.2. The SMILES string of the molecule is CCOC(=O)/C(C)=C(\NC)C(F)(F)F. The van der Waals surface area contributed by atoms with Crippen LogP contribution in [-0.2, 0) is 9.53 Å². The Morgan fingerprint density at radius 2 is 1.93 bits per heavy atom. The number of carbonyl (C=O) groups is 1. The van der Waals surface area contributed by atoms with Gasteiger partial charge < -0.3 is 10.1 Å². The van der Waals surface area contributed by atoms with E-state index in [-0.39, 0.29) is 6.61 Å². The molecule has 6 heteroatoms. The predicted molar refractivity (Wildman–Crippen MR) is 44.4 cm³/mol. The van der Waals surface area contributed by atoms with E-state index in [1.54, 1.807) is 0 Å². The minimum atomic E-state index is -4.56. The van der Waals surface area contributed by atoms with Crippen molar-refractivity contribution in [3.8, 4) is 0 Å². The number of esters is 1. The summed E-state index contributed by atoms with van der Waals surface area (Å²) in [4.78, 5) is 11.0. The Bertz CT molecular complexity index is 245. The van der Waals surface area contributed by atoms with Gasteiger partial charge in [0, 0.05) is 7.05 Å². The van der Waals surface area contributed by atoms with Gasteiger partial charge in [-0.05, 0) is 13.8 Å². The fraction of sp³-hybridized carbons (Fsp3) is 0.625. The molecule has 0 unspecified atom stereocenters. The minimum absolute atomic E-state index is 0.0467. The molecule has 3 nitrogen and oxygen atoms in total. The van der Waals surface area contributed by atoms with Crippen LogP contribution >= 0.6 is 0 Å². The van der Waals surface area contributed by atoms with Gasteiger partial charge in [-0.3, -0.25) is 0 Å². The zero-order valence-electron chi connectivity index (χ0n) is 8.16. The monoisotopic (exact) mass is 211 g/mol. The molecule has 0 radical (unpaired) electrons. The largest absolute Gasteiger partial charge is 0.463 e. The average molecular weight is 211 g/mol. The number of allylic oxidation sites excluding steroid dienone is 1. The summed E-state index contributed by atoms with van der Waals surface area (Å²) < 4.78 is 41.2. The molecule has 82 valence electrons. The molecule has 0 saturated carbocycles. The molecule has 0 aliphatic rings. The standard InChI is InChI=1S/C8H12F3NO2/c1-4-14-7(13)5(2)6(12-3)8(9,10)11/h12H,4H2,1-3H3/b6-5-. The molecule has 0 saturated heterocycles. The molecule has 0 bridgehead atoms. The summed E-state index contributed by atoms with van der Waals surface area (Å²) in [7, 11) is 1.10. The molecule has 1 N–H and O–H groups in total. The summed E-state index contributed by atoms with van der Waals surface area (Å²) in [6.07, 6.45) is -4.56. The predicted octanol–water partition coefficient (Wildman–Crippen LogP) is 1.61. The molecule has 0 aromatic heterocycles. The van der Waals surface area contributed by atoms with Crippen molar-refractivity contribution in [2.45, 2.75) is 20.0 Å². The first kappa shape index (κ1) is 12.8. The van der Waals surface area contributed by atoms with Gasteiger partial charge in [-0.15, -0.1) is 0 Å². The summed E-state index contributed by atoms with van der Waals surface area (Å²) in [5, 5.41) is 1.93. The Morgan fingerprint density at radius 1 is 1.43 bits per heavy atom. The number of rotatable bonds is 3. The van der Waals surface area contributed by atoms with Gasteiger partial charge in [0.05, 0.1) is 12.2 Å². The van der Waals surface area contributed by atoms with Crippen molar-refractivity contribution in [3.05, 3.63) is 11.3 Å². The lowest BCUT2D eigenvalue weighted by Gasteiger charge is -2.13. The van der Waals surface area contributed by atoms with Crippen LogP contribution in [0.5, 0.6) is 0 Å². The first-order valence-corrected chi connectivity index (χ1v) is 3.97. The van der Waals surface area contributed by atoms with E-state index >= 15 is 0 Å². The summed E-state index contributed by atoms with van der Waals surface area (Å²) in [5.41, 5.74) is -1.54. The maximum Gasteiger partial charge on any atom is 0.431 e. The Morgan fingerprint density at radius 3 is 2.21 bits per heavy atom. The molecule has 0 aliphatic carbocycles. The number of alkyl halides is 3. The third-order valence-electron chi connectivity index (χ3n) is 1.49. The van der Waals surface area contributed by atoms with Crippen molar-refractivity contribution in [2.75, 3.05) is 13.7 Å². The topological polar surface area (TPSA) is 38.3 Å². The highest BCUT2D eigenvalue weighted by molar-refractivity contribution is 5.88. The van der Waals surface area contributed by atoms with Crippen molar-refractivity contribution in [2.24, 2.45) is 0 Å². The van der Waals surface area contributed by atoms with E-state index in [1.165, 1.54) is 6.92 Å². The lowest BCUT2D eigenvalue weighted by Crippen LogP contribution is -2.27. The van der Waals surface area contributed by atoms with Gasteiger partial charge in [-0.2, -0.15) is 13.2 Å². The molecule has 0 aromatic carbocycles. The Balaban J connectivity index is 4.93. The molecular formula is C8H12F3NO2. The fourth-order valence-electron chi connectivity index (χ4n) is 0.883. The second-order valence-electron chi connectivity index (χ2n) is 2.47. The summed E-state index contributed by atoms with van der Waals surface area (Å²) >= 11 is 0. The lowest BCUT2D eigenvalue weighted by molar-refractivity contribution is -0.140. The summed E-state index contributed by atoms with van der Waals surface area (Å²) in [5.74, 6) is -0.964. The van der Waals surface area contributed by atoms with Gasteiger partial charge in [-0.25, -0.2) is 4.79 Å². The molecule has 0 heterocycles. The Hall–Kier alpha value is -1.20. The molecule has 0 aliphatic heterocycles. The second-order valence-corrected chi connectivity index (χ2v) is 2.47. The number of nitrogens with one attached hydrogen (secondary N) is 1. The second kappa shape index (κ2) is 4.88. The summed E-state index contributed by atoms with van der Waals surface area (Å²) in [6, 6.07) is 0. The molecule has 14 heavy (non-hydrogen) atoms. The first-order chi connectivity index (χ1) is 6.34. The third kappa shape index (κ3) is 3.27. The molecule has 0 amide bonds. The molecule has 0 atom stereocenters. The smallest absolute Gasteiger partial charge is 0.431 e. The van der Waals surface area contributed by atoms with Gasteiger partial charge in [0.2, 0.25) is 0 Å². The van der Waals surface area contributed by atoms with Crippen LogP contribution < -0.4 is 5.32 Å². The maximum absolute atomic E-state index is 12.2. The number of carbonyl (C=O) groups excluding carboxylic acids is 1. The van der Waals surface area contributed by atoms with E-state index in [0.717, 1.165) is 14.0 Å². The number of ether oxygens (including phenoxy) is 1.